The van der Waals surface area contributed by atoms with E-state index in [1.165, 1.54) is 11.8 Å². The largest absolute Gasteiger partial charge is 0.409 e. The lowest BCUT2D eigenvalue weighted by atomic mass is 10.2. The molecule has 0 amide bonds. The van der Waals surface area contributed by atoms with Gasteiger partial charge in [0, 0.05) is 23.3 Å². The Labute approximate surface area is 121 Å². The van der Waals surface area contributed by atoms with Gasteiger partial charge < -0.3 is 10.9 Å². The minimum absolute atomic E-state index is 0.000463. The molecule has 0 saturated heterocycles. The Hall–Kier alpha value is -2.15. The van der Waals surface area contributed by atoms with Crippen LogP contribution in [0.2, 0.25) is 0 Å². The molecule has 0 unspecified atom stereocenters. The molecule has 0 bridgehead atoms. The van der Waals surface area contributed by atoms with Gasteiger partial charge in [0.15, 0.2) is 11.0 Å². The van der Waals surface area contributed by atoms with Crippen molar-refractivity contribution in [3.8, 4) is 0 Å². The Morgan fingerprint density at radius 3 is 2.65 bits per heavy atom. The number of hydrogen-bond acceptors (Lipinski definition) is 6. The van der Waals surface area contributed by atoms with Gasteiger partial charge in [-0.15, -0.1) is 0 Å². The summed E-state index contributed by atoms with van der Waals surface area (Å²) >= 11 is 1.54. The molecule has 6 nitrogen and oxygen atoms in total. The van der Waals surface area contributed by atoms with Crippen molar-refractivity contribution in [2.24, 2.45) is 10.9 Å². The predicted octanol–water partition coefficient (Wildman–Crippen LogP) is 1.88. The predicted molar refractivity (Wildman–Crippen MR) is 77.8 cm³/mol. The maximum absolute atomic E-state index is 8.65. The zero-order valence-electron chi connectivity index (χ0n) is 11.2. The second-order valence-corrected chi connectivity index (χ2v) is 5.20. The van der Waals surface area contributed by atoms with Crippen LogP contribution in [0, 0.1) is 13.8 Å². The summed E-state index contributed by atoms with van der Waals surface area (Å²) in [4.78, 5) is 12.8. The Morgan fingerprint density at radius 1 is 1.30 bits per heavy atom. The molecule has 0 aromatic carbocycles. The first-order chi connectivity index (χ1) is 9.58. The van der Waals surface area contributed by atoms with Gasteiger partial charge in [-0.3, -0.25) is 4.98 Å². The van der Waals surface area contributed by atoms with E-state index in [2.05, 4.69) is 20.1 Å². The van der Waals surface area contributed by atoms with Crippen LogP contribution >= 0.6 is 11.8 Å². The fourth-order valence-corrected chi connectivity index (χ4v) is 2.55. The summed E-state index contributed by atoms with van der Waals surface area (Å²) in [6.07, 6.45) is 1.63. The smallest absolute Gasteiger partial charge is 0.188 e. The molecule has 7 heteroatoms. The van der Waals surface area contributed by atoms with Crippen LogP contribution in [0.3, 0.4) is 0 Å². The van der Waals surface area contributed by atoms with Crippen LogP contribution in [-0.4, -0.2) is 26.0 Å². The molecular formula is C13H15N5OS. The summed E-state index contributed by atoms with van der Waals surface area (Å²) in [6.45, 7) is 3.89. The summed E-state index contributed by atoms with van der Waals surface area (Å²) in [5, 5.41) is 12.3. The molecule has 0 spiro atoms. The van der Waals surface area contributed by atoms with E-state index in [0.717, 1.165) is 22.1 Å². The molecule has 2 heterocycles. The van der Waals surface area contributed by atoms with Crippen molar-refractivity contribution in [3.05, 3.63) is 47.0 Å². The highest BCUT2D eigenvalue weighted by atomic mass is 32.2. The molecular weight excluding hydrogens is 274 g/mol. The van der Waals surface area contributed by atoms with Crippen molar-refractivity contribution >= 4 is 17.6 Å². The van der Waals surface area contributed by atoms with Gasteiger partial charge in [0.1, 0.15) is 5.69 Å². The molecule has 2 rings (SSSR count). The summed E-state index contributed by atoms with van der Waals surface area (Å²) in [5.74, 6) is 0.691. The number of nitrogens with zero attached hydrogens (tertiary/aromatic N) is 4. The standard InChI is InChI=1S/C13H15N5OS/c1-8-5-9(2)17-13(16-8)20-7-10-3-4-15-11(6-10)12(14)18-19/h3-6,19H,7H2,1-2H3,(H2,14,18). The van der Waals surface area contributed by atoms with Gasteiger partial charge in [-0.25, -0.2) is 9.97 Å². The summed E-state index contributed by atoms with van der Waals surface area (Å²) in [5.41, 5.74) is 8.88. The van der Waals surface area contributed by atoms with Crippen LogP contribution < -0.4 is 5.73 Å². The van der Waals surface area contributed by atoms with Crippen molar-refractivity contribution in [3.63, 3.8) is 0 Å². The van der Waals surface area contributed by atoms with Gasteiger partial charge in [-0.2, -0.15) is 0 Å². The monoisotopic (exact) mass is 289 g/mol. The number of amidine groups is 1. The van der Waals surface area contributed by atoms with Gasteiger partial charge >= 0.3 is 0 Å². The highest BCUT2D eigenvalue weighted by Gasteiger charge is 2.05. The first-order valence-corrected chi connectivity index (χ1v) is 6.95. The molecule has 0 saturated carbocycles. The van der Waals surface area contributed by atoms with Gasteiger partial charge in [-0.05, 0) is 37.6 Å². The number of pyridine rings is 1. The highest BCUT2D eigenvalue weighted by Crippen LogP contribution is 2.20. The zero-order valence-corrected chi connectivity index (χ0v) is 12.1. The van der Waals surface area contributed by atoms with E-state index >= 15 is 0 Å². The van der Waals surface area contributed by atoms with Crippen LogP contribution in [0.1, 0.15) is 22.6 Å². The quantitative estimate of drug-likeness (QED) is 0.223. The van der Waals surface area contributed by atoms with Crippen LogP contribution in [0.15, 0.2) is 34.7 Å². The Bertz CT molecular complexity index is 624. The number of thioether (sulfide) groups is 1. The van der Waals surface area contributed by atoms with Gasteiger partial charge in [0.05, 0.1) is 0 Å². The minimum Gasteiger partial charge on any atom is -0.409 e. The molecule has 3 N–H and O–H groups in total. The van der Waals surface area contributed by atoms with E-state index < -0.39 is 0 Å². The minimum atomic E-state index is -0.000463. The van der Waals surface area contributed by atoms with Crippen LogP contribution in [0.4, 0.5) is 0 Å². The normalized spacial score (nSPS) is 11.6. The van der Waals surface area contributed by atoms with Crippen molar-refractivity contribution in [2.75, 3.05) is 0 Å². The lowest BCUT2D eigenvalue weighted by molar-refractivity contribution is 0.318. The molecule has 0 atom stereocenters. The third-order valence-corrected chi connectivity index (χ3v) is 3.44. The van der Waals surface area contributed by atoms with E-state index in [-0.39, 0.29) is 5.84 Å². The fourth-order valence-electron chi connectivity index (χ4n) is 1.66. The summed E-state index contributed by atoms with van der Waals surface area (Å²) in [7, 11) is 0. The van der Waals surface area contributed by atoms with Crippen molar-refractivity contribution in [1.82, 2.24) is 15.0 Å². The average Bonchev–Trinajstić information content (AvgIpc) is 2.43. The Morgan fingerprint density at radius 2 is 2.00 bits per heavy atom. The third kappa shape index (κ3) is 3.67. The second-order valence-electron chi connectivity index (χ2n) is 4.26. The van der Waals surface area contributed by atoms with E-state index in [9.17, 15) is 0 Å². The molecule has 104 valence electrons. The SMILES string of the molecule is Cc1cc(C)nc(SCc2ccnc(C(N)=NO)c2)n1. The number of aromatic nitrogens is 3. The van der Waals surface area contributed by atoms with E-state index in [0.29, 0.717) is 11.4 Å². The number of oxime groups is 1. The second kappa shape index (κ2) is 6.33. The molecule has 0 radical (unpaired) electrons. The van der Waals surface area contributed by atoms with E-state index in [4.69, 9.17) is 10.9 Å². The van der Waals surface area contributed by atoms with E-state index in [1.807, 2.05) is 26.0 Å². The Kier molecular flexibility index (Phi) is 4.52. The zero-order chi connectivity index (χ0) is 14.5. The average molecular weight is 289 g/mol. The number of nitrogens with two attached hydrogens (primary N) is 1. The molecule has 2 aromatic heterocycles. The van der Waals surface area contributed by atoms with Crippen LogP contribution in [0.25, 0.3) is 0 Å². The van der Waals surface area contributed by atoms with Crippen LogP contribution in [-0.2, 0) is 5.75 Å². The topological polar surface area (TPSA) is 97.3 Å². The lowest BCUT2D eigenvalue weighted by Crippen LogP contribution is -2.15. The van der Waals surface area contributed by atoms with Crippen molar-refractivity contribution < 1.29 is 5.21 Å². The van der Waals surface area contributed by atoms with Gasteiger partial charge in [0.2, 0.25) is 0 Å². The fraction of sp³-hybridized carbons (Fsp3) is 0.231. The molecule has 2 aromatic rings. The summed E-state index contributed by atoms with van der Waals surface area (Å²) < 4.78 is 0. The highest BCUT2D eigenvalue weighted by molar-refractivity contribution is 7.98. The molecule has 0 aliphatic heterocycles. The maximum Gasteiger partial charge on any atom is 0.188 e. The van der Waals surface area contributed by atoms with E-state index in [1.54, 1.807) is 12.3 Å². The first-order valence-electron chi connectivity index (χ1n) is 5.96. The molecule has 0 aliphatic carbocycles. The molecule has 0 fully saturated rings. The summed E-state index contributed by atoms with van der Waals surface area (Å²) in [6, 6.07) is 5.60. The third-order valence-electron chi connectivity index (χ3n) is 2.52. The van der Waals surface area contributed by atoms with Gasteiger partial charge in [-0.1, -0.05) is 16.9 Å². The Balaban J connectivity index is 2.11. The maximum atomic E-state index is 8.65. The number of hydrogen-bond donors (Lipinski definition) is 2. The van der Waals surface area contributed by atoms with Crippen molar-refractivity contribution in [1.29, 1.82) is 0 Å². The molecule has 20 heavy (non-hydrogen) atoms. The lowest BCUT2D eigenvalue weighted by Gasteiger charge is -2.04. The number of aryl methyl sites for hydroxylation is 2. The molecule has 0 aliphatic rings. The van der Waals surface area contributed by atoms with Crippen molar-refractivity contribution in [2.45, 2.75) is 24.8 Å². The van der Waals surface area contributed by atoms with Gasteiger partial charge in [0.25, 0.3) is 0 Å². The first kappa shape index (κ1) is 14.3. The van der Waals surface area contributed by atoms with Crippen LogP contribution in [0.5, 0.6) is 0 Å². The number of rotatable bonds is 4.